The molecule has 0 saturated heterocycles. The van der Waals surface area contributed by atoms with Crippen molar-refractivity contribution in [3.8, 4) is 16.9 Å². The molecule has 2 nitrogen and oxygen atoms in total. The molecule has 1 aliphatic carbocycles. The van der Waals surface area contributed by atoms with Gasteiger partial charge in [0.1, 0.15) is 5.75 Å². The molecule has 0 aromatic heterocycles. The number of phenolic OH excluding ortho intramolecular Hbond substituents is 1. The van der Waals surface area contributed by atoms with Gasteiger partial charge in [0.15, 0.2) is 0 Å². The van der Waals surface area contributed by atoms with Gasteiger partial charge in [0.25, 0.3) is 0 Å². The van der Waals surface area contributed by atoms with Crippen molar-refractivity contribution in [1.82, 2.24) is 5.32 Å². The lowest BCUT2D eigenvalue weighted by Crippen LogP contribution is -2.21. The standard InChI is InChI=1S/C17H19NO/c1-18-17-4-2-3-13-5-6-14(11-16(13)17)12-7-9-15(19)10-8-12/h5-11,17-19H,2-4H2,1H3. The number of hydrogen-bond acceptors (Lipinski definition) is 2. The van der Waals surface area contributed by atoms with Crippen LogP contribution in [-0.2, 0) is 6.42 Å². The second kappa shape index (κ2) is 5.06. The van der Waals surface area contributed by atoms with E-state index < -0.39 is 0 Å². The molecule has 0 saturated carbocycles. The maximum Gasteiger partial charge on any atom is 0.115 e. The summed E-state index contributed by atoms with van der Waals surface area (Å²) in [6.45, 7) is 0. The Morgan fingerprint density at radius 3 is 2.53 bits per heavy atom. The molecule has 0 spiro atoms. The molecule has 1 atom stereocenters. The number of aromatic hydroxyl groups is 1. The van der Waals surface area contributed by atoms with Gasteiger partial charge in [-0.25, -0.2) is 0 Å². The van der Waals surface area contributed by atoms with Crippen LogP contribution in [0.1, 0.15) is 30.0 Å². The monoisotopic (exact) mass is 253 g/mol. The number of phenols is 1. The van der Waals surface area contributed by atoms with Crippen molar-refractivity contribution in [2.45, 2.75) is 25.3 Å². The molecule has 2 N–H and O–H groups in total. The first kappa shape index (κ1) is 12.2. The summed E-state index contributed by atoms with van der Waals surface area (Å²) < 4.78 is 0. The largest absolute Gasteiger partial charge is 0.508 e. The van der Waals surface area contributed by atoms with Crippen molar-refractivity contribution in [3.63, 3.8) is 0 Å². The van der Waals surface area contributed by atoms with Crippen LogP contribution in [0.3, 0.4) is 0 Å². The van der Waals surface area contributed by atoms with Crippen LogP contribution < -0.4 is 5.32 Å². The Morgan fingerprint density at radius 1 is 1.05 bits per heavy atom. The van der Waals surface area contributed by atoms with E-state index in [0.717, 1.165) is 5.56 Å². The maximum atomic E-state index is 9.37. The van der Waals surface area contributed by atoms with Crippen molar-refractivity contribution in [2.75, 3.05) is 7.05 Å². The average Bonchev–Trinajstić information content (AvgIpc) is 2.47. The zero-order valence-corrected chi connectivity index (χ0v) is 11.2. The third-order valence-corrected chi connectivity index (χ3v) is 4.01. The summed E-state index contributed by atoms with van der Waals surface area (Å²) >= 11 is 0. The van der Waals surface area contributed by atoms with E-state index in [1.165, 1.54) is 36.0 Å². The molecule has 2 aromatic carbocycles. The summed E-state index contributed by atoms with van der Waals surface area (Å²) in [7, 11) is 2.03. The van der Waals surface area contributed by atoms with E-state index in [1.54, 1.807) is 12.1 Å². The smallest absolute Gasteiger partial charge is 0.115 e. The number of benzene rings is 2. The van der Waals surface area contributed by atoms with E-state index >= 15 is 0 Å². The number of aryl methyl sites for hydroxylation is 1. The third kappa shape index (κ3) is 2.36. The Labute approximate surface area is 114 Å². The van der Waals surface area contributed by atoms with Crippen LogP contribution in [-0.4, -0.2) is 12.2 Å². The average molecular weight is 253 g/mol. The Kier molecular flexibility index (Phi) is 3.26. The molecular weight excluding hydrogens is 234 g/mol. The quantitative estimate of drug-likeness (QED) is 0.856. The molecule has 0 aliphatic heterocycles. The lowest BCUT2D eigenvalue weighted by atomic mass is 9.85. The van der Waals surface area contributed by atoms with E-state index in [-0.39, 0.29) is 0 Å². The summed E-state index contributed by atoms with van der Waals surface area (Å²) in [5.74, 6) is 0.315. The molecule has 0 bridgehead atoms. The van der Waals surface area contributed by atoms with E-state index in [0.29, 0.717) is 11.8 Å². The van der Waals surface area contributed by atoms with Gasteiger partial charge in [-0.3, -0.25) is 0 Å². The minimum atomic E-state index is 0.315. The predicted octanol–water partition coefficient (Wildman–Crippen LogP) is 3.66. The molecule has 0 amide bonds. The highest BCUT2D eigenvalue weighted by Crippen LogP contribution is 2.33. The molecule has 98 valence electrons. The summed E-state index contributed by atoms with van der Waals surface area (Å²) in [5, 5.41) is 12.8. The van der Waals surface area contributed by atoms with Gasteiger partial charge < -0.3 is 10.4 Å². The number of hydrogen-bond donors (Lipinski definition) is 2. The van der Waals surface area contributed by atoms with Crippen LogP contribution in [0, 0.1) is 0 Å². The highest BCUT2D eigenvalue weighted by Gasteiger charge is 2.18. The van der Waals surface area contributed by atoms with Crippen molar-refractivity contribution >= 4 is 0 Å². The molecule has 1 unspecified atom stereocenters. The Balaban J connectivity index is 2.02. The highest BCUT2D eigenvalue weighted by atomic mass is 16.3. The molecule has 0 fully saturated rings. The summed E-state index contributed by atoms with van der Waals surface area (Å²) in [5.41, 5.74) is 5.27. The minimum absolute atomic E-state index is 0.315. The fraction of sp³-hybridized carbons (Fsp3) is 0.294. The number of rotatable bonds is 2. The molecule has 2 aromatic rings. The van der Waals surface area contributed by atoms with Gasteiger partial charge in [0.2, 0.25) is 0 Å². The summed E-state index contributed by atoms with van der Waals surface area (Å²) in [6.07, 6.45) is 3.66. The van der Waals surface area contributed by atoms with E-state index in [4.69, 9.17) is 0 Å². The van der Waals surface area contributed by atoms with Crippen molar-refractivity contribution in [2.24, 2.45) is 0 Å². The SMILES string of the molecule is CNC1CCCc2ccc(-c3ccc(O)cc3)cc21. The van der Waals surface area contributed by atoms with Crippen LogP contribution in [0.25, 0.3) is 11.1 Å². The normalized spacial score (nSPS) is 18.1. The predicted molar refractivity (Wildman–Crippen MR) is 78.3 cm³/mol. The summed E-state index contributed by atoms with van der Waals surface area (Å²) in [4.78, 5) is 0. The van der Waals surface area contributed by atoms with E-state index in [9.17, 15) is 5.11 Å². The first-order valence-electron chi connectivity index (χ1n) is 6.87. The maximum absolute atomic E-state index is 9.37. The van der Waals surface area contributed by atoms with Gasteiger partial charge in [-0.05, 0) is 66.8 Å². The Hall–Kier alpha value is -1.80. The zero-order valence-electron chi connectivity index (χ0n) is 11.2. The molecule has 2 heteroatoms. The minimum Gasteiger partial charge on any atom is -0.508 e. The van der Waals surface area contributed by atoms with E-state index in [2.05, 4.69) is 23.5 Å². The van der Waals surface area contributed by atoms with Crippen molar-refractivity contribution in [1.29, 1.82) is 0 Å². The molecular formula is C17H19NO. The second-order valence-corrected chi connectivity index (χ2v) is 5.19. The highest BCUT2D eigenvalue weighted by molar-refractivity contribution is 5.66. The lowest BCUT2D eigenvalue weighted by molar-refractivity contribution is 0.475. The van der Waals surface area contributed by atoms with Crippen LogP contribution >= 0.6 is 0 Å². The zero-order chi connectivity index (χ0) is 13.2. The topological polar surface area (TPSA) is 32.3 Å². The van der Waals surface area contributed by atoms with Crippen molar-refractivity contribution in [3.05, 3.63) is 53.6 Å². The van der Waals surface area contributed by atoms with Crippen LogP contribution in [0.5, 0.6) is 5.75 Å². The molecule has 1 aliphatic rings. The number of fused-ring (bicyclic) bond motifs is 1. The van der Waals surface area contributed by atoms with Gasteiger partial charge in [-0.15, -0.1) is 0 Å². The van der Waals surface area contributed by atoms with Gasteiger partial charge >= 0.3 is 0 Å². The fourth-order valence-electron chi connectivity index (χ4n) is 2.93. The molecule has 3 rings (SSSR count). The van der Waals surface area contributed by atoms with Gasteiger partial charge in [0, 0.05) is 6.04 Å². The first-order valence-corrected chi connectivity index (χ1v) is 6.87. The molecule has 19 heavy (non-hydrogen) atoms. The van der Waals surface area contributed by atoms with Gasteiger partial charge in [0.05, 0.1) is 0 Å². The first-order chi connectivity index (χ1) is 9.28. The van der Waals surface area contributed by atoms with E-state index in [1.807, 2.05) is 19.2 Å². The van der Waals surface area contributed by atoms with Crippen LogP contribution in [0.2, 0.25) is 0 Å². The number of nitrogens with one attached hydrogen (secondary N) is 1. The fourth-order valence-corrected chi connectivity index (χ4v) is 2.93. The third-order valence-electron chi connectivity index (χ3n) is 4.01. The van der Waals surface area contributed by atoms with Crippen LogP contribution in [0.4, 0.5) is 0 Å². The second-order valence-electron chi connectivity index (χ2n) is 5.19. The van der Waals surface area contributed by atoms with Crippen LogP contribution in [0.15, 0.2) is 42.5 Å². The van der Waals surface area contributed by atoms with Crippen molar-refractivity contribution < 1.29 is 5.11 Å². The summed E-state index contributed by atoms with van der Waals surface area (Å²) in [6, 6.07) is 14.6. The van der Waals surface area contributed by atoms with Gasteiger partial charge in [-0.2, -0.15) is 0 Å². The molecule has 0 radical (unpaired) electrons. The van der Waals surface area contributed by atoms with Gasteiger partial charge in [-0.1, -0.05) is 24.3 Å². The lowest BCUT2D eigenvalue weighted by Gasteiger charge is -2.25. The Morgan fingerprint density at radius 2 is 1.79 bits per heavy atom. The Bertz CT molecular complexity index is 574. The molecule has 0 heterocycles.